The zero-order valence-corrected chi connectivity index (χ0v) is 14.3. The Morgan fingerprint density at radius 3 is 2.68 bits per heavy atom. The van der Waals surface area contributed by atoms with Crippen molar-refractivity contribution in [2.24, 2.45) is 11.3 Å². The standard InChI is InChI=1S/C19H24N4O2/c24-18(25)19-7-6-16(15-4-2-1-3-5-15)10-17(19)11-22(12-19)8-9-23-13-20-21-14-23/h1-5,13-14,16-17H,6-12H2,(H,24,25)/t16-,17-,19-/m0/s1. The van der Waals surface area contributed by atoms with Crippen LogP contribution in [-0.4, -0.2) is 50.4 Å². The molecule has 1 aliphatic heterocycles. The molecule has 2 fully saturated rings. The number of hydrogen-bond acceptors (Lipinski definition) is 4. The second-order valence-corrected chi connectivity index (χ2v) is 7.48. The van der Waals surface area contributed by atoms with Crippen LogP contribution in [0.4, 0.5) is 0 Å². The first-order valence-corrected chi connectivity index (χ1v) is 9.00. The molecule has 1 aromatic carbocycles. The molecule has 25 heavy (non-hydrogen) atoms. The van der Waals surface area contributed by atoms with Crippen molar-refractivity contribution in [1.82, 2.24) is 19.7 Å². The number of carboxylic acid groups (broad SMARTS) is 1. The third-order valence-electron chi connectivity index (χ3n) is 6.11. The third kappa shape index (κ3) is 3.06. The van der Waals surface area contributed by atoms with Gasteiger partial charge < -0.3 is 14.6 Å². The van der Waals surface area contributed by atoms with E-state index in [4.69, 9.17) is 0 Å². The number of fused-ring (bicyclic) bond motifs is 1. The average molecular weight is 340 g/mol. The van der Waals surface area contributed by atoms with E-state index in [2.05, 4.69) is 39.4 Å². The second kappa shape index (κ2) is 6.59. The highest BCUT2D eigenvalue weighted by Gasteiger charge is 2.54. The van der Waals surface area contributed by atoms with Crippen molar-refractivity contribution >= 4 is 5.97 Å². The van der Waals surface area contributed by atoms with E-state index in [1.165, 1.54) is 5.56 Å². The fourth-order valence-corrected chi connectivity index (χ4v) is 4.70. The summed E-state index contributed by atoms with van der Waals surface area (Å²) in [6.45, 7) is 3.19. The Bertz CT molecular complexity index is 718. The molecule has 6 heteroatoms. The predicted molar refractivity (Wildman–Crippen MR) is 93.1 cm³/mol. The van der Waals surface area contributed by atoms with Gasteiger partial charge in [0.1, 0.15) is 12.7 Å². The lowest BCUT2D eigenvalue weighted by atomic mass is 9.64. The first-order chi connectivity index (χ1) is 12.2. The molecule has 0 spiro atoms. The first kappa shape index (κ1) is 16.3. The number of hydrogen-bond donors (Lipinski definition) is 1. The summed E-state index contributed by atoms with van der Waals surface area (Å²) in [7, 11) is 0. The van der Waals surface area contributed by atoms with Crippen molar-refractivity contribution in [1.29, 1.82) is 0 Å². The normalized spacial score (nSPS) is 29.4. The van der Waals surface area contributed by atoms with E-state index < -0.39 is 11.4 Å². The zero-order chi connectivity index (χ0) is 17.3. The van der Waals surface area contributed by atoms with Crippen LogP contribution < -0.4 is 0 Å². The molecule has 0 bridgehead atoms. The third-order valence-corrected chi connectivity index (χ3v) is 6.11. The van der Waals surface area contributed by atoms with Crippen molar-refractivity contribution in [2.45, 2.75) is 31.7 Å². The van der Waals surface area contributed by atoms with Crippen molar-refractivity contribution in [2.75, 3.05) is 19.6 Å². The summed E-state index contributed by atoms with van der Waals surface area (Å²) in [4.78, 5) is 14.4. The minimum atomic E-state index is -0.615. The Balaban J connectivity index is 1.47. The van der Waals surface area contributed by atoms with Gasteiger partial charge in [0.2, 0.25) is 0 Å². The molecule has 1 aliphatic carbocycles. The van der Waals surface area contributed by atoms with Crippen LogP contribution in [0.2, 0.25) is 0 Å². The number of aromatic nitrogens is 3. The number of nitrogens with zero attached hydrogens (tertiary/aromatic N) is 4. The van der Waals surface area contributed by atoms with E-state index in [0.717, 1.165) is 38.9 Å². The summed E-state index contributed by atoms with van der Waals surface area (Å²) in [5.74, 6) is 0.0946. The van der Waals surface area contributed by atoms with E-state index >= 15 is 0 Å². The molecule has 1 aromatic heterocycles. The predicted octanol–water partition coefficient (Wildman–Crippen LogP) is 2.25. The van der Waals surface area contributed by atoms with Gasteiger partial charge in [-0.05, 0) is 36.7 Å². The first-order valence-electron chi connectivity index (χ1n) is 9.00. The maximum atomic E-state index is 12.1. The number of aliphatic carboxylic acids is 1. The van der Waals surface area contributed by atoms with Crippen molar-refractivity contribution < 1.29 is 9.90 Å². The molecule has 2 heterocycles. The van der Waals surface area contributed by atoms with Crippen LogP contribution in [-0.2, 0) is 11.3 Å². The maximum Gasteiger partial charge on any atom is 0.311 e. The molecule has 0 unspecified atom stereocenters. The van der Waals surface area contributed by atoms with Gasteiger partial charge in [0.15, 0.2) is 0 Å². The zero-order valence-electron chi connectivity index (χ0n) is 14.3. The Hall–Kier alpha value is -2.21. The molecule has 3 atom stereocenters. The fourth-order valence-electron chi connectivity index (χ4n) is 4.70. The Labute approximate surface area is 147 Å². The molecule has 4 rings (SSSR count). The summed E-state index contributed by atoms with van der Waals surface area (Å²) >= 11 is 0. The average Bonchev–Trinajstić information content (AvgIpc) is 3.28. The molecule has 1 N–H and O–H groups in total. The minimum Gasteiger partial charge on any atom is -0.481 e. The molecule has 1 saturated carbocycles. The monoisotopic (exact) mass is 340 g/mol. The topological polar surface area (TPSA) is 71.2 Å². The van der Waals surface area contributed by atoms with Crippen molar-refractivity contribution in [3.8, 4) is 0 Å². The van der Waals surface area contributed by atoms with Gasteiger partial charge in [0.05, 0.1) is 5.41 Å². The van der Waals surface area contributed by atoms with Gasteiger partial charge >= 0.3 is 5.97 Å². The molecule has 132 valence electrons. The van der Waals surface area contributed by atoms with Crippen LogP contribution in [0.5, 0.6) is 0 Å². The molecular formula is C19H24N4O2. The van der Waals surface area contributed by atoms with Gasteiger partial charge in [-0.25, -0.2) is 0 Å². The molecule has 1 saturated heterocycles. The van der Waals surface area contributed by atoms with Crippen LogP contribution in [0.25, 0.3) is 0 Å². The fraction of sp³-hybridized carbons (Fsp3) is 0.526. The van der Waals surface area contributed by atoms with Gasteiger partial charge in [0.25, 0.3) is 0 Å². The molecule has 2 aromatic rings. The summed E-state index contributed by atoms with van der Waals surface area (Å²) in [6.07, 6.45) is 6.13. The van der Waals surface area contributed by atoms with Crippen LogP contribution in [0.15, 0.2) is 43.0 Å². The number of rotatable bonds is 5. The lowest BCUT2D eigenvalue weighted by Crippen LogP contribution is -2.42. The SMILES string of the molecule is O=C(O)[C@]12CC[C@H](c3ccccc3)C[C@H]1CN(CCn1cnnc1)C2. The highest BCUT2D eigenvalue weighted by molar-refractivity contribution is 5.76. The van der Waals surface area contributed by atoms with E-state index in [-0.39, 0.29) is 5.92 Å². The molecule has 0 radical (unpaired) electrons. The lowest BCUT2D eigenvalue weighted by Gasteiger charge is -2.38. The van der Waals surface area contributed by atoms with Gasteiger partial charge in [-0.2, -0.15) is 0 Å². The molecular weight excluding hydrogens is 316 g/mol. The van der Waals surface area contributed by atoms with Crippen LogP contribution in [0.3, 0.4) is 0 Å². The number of carbonyl (C=O) groups is 1. The van der Waals surface area contributed by atoms with Gasteiger partial charge in [0, 0.05) is 26.2 Å². The number of carboxylic acids is 1. The van der Waals surface area contributed by atoms with E-state index in [1.54, 1.807) is 12.7 Å². The van der Waals surface area contributed by atoms with Crippen LogP contribution in [0, 0.1) is 11.3 Å². The summed E-state index contributed by atoms with van der Waals surface area (Å²) < 4.78 is 1.95. The molecule has 2 aliphatic rings. The van der Waals surface area contributed by atoms with E-state index in [1.807, 2.05) is 10.6 Å². The van der Waals surface area contributed by atoms with Crippen LogP contribution in [0.1, 0.15) is 30.7 Å². The smallest absolute Gasteiger partial charge is 0.311 e. The van der Waals surface area contributed by atoms with Gasteiger partial charge in [-0.15, -0.1) is 10.2 Å². The Kier molecular flexibility index (Phi) is 4.29. The van der Waals surface area contributed by atoms with E-state index in [0.29, 0.717) is 12.5 Å². The summed E-state index contributed by atoms with van der Waals surface area (Å²) in [5.41, 5.74) is 0.780. The quantitative estimate of drug-likeness (QED) is 0.904. The van der Waals surface area contributed by atoms with Crippen molar-refractivity contribution in [3.63, 3.8) is 0 Å². The maximum absolute atomic E-state index is 12.1. The number of likely N-dealkylation sites (tertiary alicyclic amines) is 1. The Morgan fingerprint density at radius 2 is 1.96 bits per heavy atom. The van der Waals surface area contributed by atoms with Crippen molar-refractivity contribution in [3.05, 3.63) is 48.5 Å². The minimum absolute atomic E-state index is 0.227. The lowest BCUT2D eigenvalue weighted by molar-refractivity contribution is -0.152. The Morgan fingerprint density at radius 1 is 1.20 bits per heavy atom. The molecule has 0 amide bonds. The van der Waals surface area contributed by atoms with Crippen LogP contribution >= 0.6 is 0 Å². The van der Waals surface area contributed by atoms with Gasteiger partial charge in [-0.3, -0.25) is 4.79 Å². The highest BCUT2D eigenvalue weighted by atomic mass is 16.4. The largest absolute Gasteiger partial charge is 0.481 e. The number of benzene rings is 1. The van der Waals surface area contributed by atoms with E-state index in [9.17, 15) is 9.90 Å². The second-order valence-electron chi connectivity index (χ2n) is 7.48. The molecule has 6 nitrogen and oxygen atoms in total. The summed E-state index contributed by atoms with van der Waals surface area (Å²) in [5, 5.41) is 17.6. The highest BCUT2D eigenvalue weighted by Crippen LogP contribution is 2.51. The van der Waals surface area contributed by atoms with Gasteiger partial charge in [-0.1, -0.05) is 30.3 Å². The summed E-state index contributed by atoms with van der Waals surface area (Å²) in [6, 6.07) is 10.5.